The highest BCUT2D eigenvalue weighted by atomic mass is 35.5. The zero-order valence-corrected chi connectivity index (χ0v) is 14.6. The van der Waals surface area contributed by atoms with Crippen LogP contribution in [-0.2, 0) is 16.0 Å². The number of nitrogens with one attached hydrogen (secondary N) is 1. The fourth-order valence-electron chi connectivity index (χ4n) is 2.26. The van der Waals surface area contributed by atoms with E-state index < -0.39 is 5.97 Å². The Kier molecular flexibility index (Phi) is 6.25. The van der Waals surface area contributed by atoms with Crippen LogP contribution >= 0.6 is 11.6 Å². The van der Waals surface area contributed by atoms with Crippen LogP contribution in [0, 0.1) is 0 Å². The first-order valence-electron chi connectivity index (χ1n) is 7.48. The summed E-state index contributed by atoms with van der Waals surface area (Å²) in [6, 6.07) is 9.77. The van der Waals surface area contributed by atoms with E-state index in [0.29, 0.717) is 17.2 Å². The van der Waals surface area contributed by atoms with Crippen LogP contribution in [0.2, 0.25) is 5.02 Å². The molecule has 132 valence electrons. The van der Waals surface area contributed by atoms with Crippen LogP contribution in [-0.4, -0.2) is 31.2 Å². The zero-order valence-electron chi connectivity index (χ0n) is 13.8. The zero-order chi connectivity index (χ0) is 18.4. The molecule has 0 bridgehead atoms. The summed E-state index contributed by atoms with van der Waals surface area (Å²) in [5.41, 5.74) is 1.02. The molecule has 0 radical (unpaired) electrons. The number of carbonyl (C=O) groups is 2. The predicted octanol–water partition coefficient (Wildman–Crippen LogP) is 3.41. The molecule has 0 atom stereocenters. The molecule has 2 aromatic carbocycles. The van der Waals surface area contributed by atoms with Crippen molar-refractivity contribution in [2.45, 2.75) is 12.8 Å². The average Bonchev–Trinajstić information content (AvgIpc) is 2.61. The van der Waals surface area contributed by atoms with E-state index >= 15 is 0 Å². The third-order valence-electron chi connectivity index (χ3n) is 3.57. The predicted molar refractivity (Wildman–Crippen MR) is 94.4 cm³/mol. The molecule has 1 amide bonds. The van der Waals surface area contributed by atoms with E-state index in [4.69, 9.17) is 16.3 Å². The summed E-state index contributed by atoms with van der Waals surface area (Å²) < 4.78 is 9.66. The molecule has 0 fully saturated rings. The number of aromatic hydroxyl groups is 1. The molecule has 0 saturated heterocycles. The number of carbonyl (C=O) groups excluding carboxylic acids is 2. The number of anilines is 1. The average molecular weight is 364 g/mol. The van der Waals surface area contributed by atoms with Gasteiger partial charge in [0.1, 0.15) is 11.3 Å². The Bertz CT molecular complexity index is 791. The summed E-state index contributed by atoms with van der Waals surface area (Å²) in [5, 5.41) is 13.1. The van der Waals surface area contributed by atoms with Gasteiger partial charge in [0.15, 0.2) is 5.75 Å². The van der Waals surface area contributed by atoms with Crippen LogP contribution in [0.5, 0.6) is 11.5 Å². The number of hydrogen-bond donors (Lipinski definition) is 2. The van der Waals surface area contributed by atoms with Crippen molar-refractivity contribution in [1.29, 1.82) is 0 Å². The molecule has 0 aromatic heterocycles. The van der Waals surface area contributed by atoms with E-state index in [2.05, 4.69) is 10.1 Å². The number of rotatable bonds is 6. The standard InChI is InChI=1S/C18H18ClNO5/c1-24-15-8-6-11(10-13(15)19)7-9-16(21)20-14-5-3-4-12(17(14)22)18(23)25-2/h3-6,8,10,22H,7,9H2,1-2H3,(H,20,21). The van der Waals surface area contributed by atoms with Gasteiger partial charge in [-0.15, -0.1) is 0 Å². The second kappa shape index (κ2) is 8.39. The first kappa shape index (κ1) is 18.6. The number of esters is 1. The summed E-state index contributed by atoms with van der Waals surface area (Å²) in [6.07, 6.45) is 0.650. The van der Waals surface area contributed by atoms with Crippen molar-refractivity contribution in [1.82, 2.24) is 0 Å². The van der Waals surface area contributed by atoms with Gasteiger partial charge in [0, 0.05) is 6.42 Å². The van der Waals surface area contributed by atoms with Gasteiger partial charge >= 0.3 is 5.97 Å². The molecule has 25 heavy (non-hydrogen) atoms. The molecule has 0 unspecified atom stereocenters. The minimum atomic E-state index is -0.679. The van der Waals surface area contributed by atoms with Gasteiger partial charge in [0.2, 0.25) is 5.91 Å². The largest absolute Gasteiger partial charge is 0.505 e. The summed E-state index contributed by atoms with van der Waals surface area (Å²) in [4.78, 5) is 23.7. The molecule has 0 saturated carbocycles. The van der Waals surface area contributed by atoms with Gasteiger partial charge in [0.05, 0.1) is 24.9 Å². The molecule has 2 N–H and O–H groups in total. The van der Waals surface area contributed by atoms with Crippen LogP contribution in [0.1, 0.15) is 22.3 Å². The second-order valence-electron chi connectivity index (χ2n) is 5.21. The van der Waals surface area contributed by atoms with Gasteiger partial charge in [0.25, 0.3) is 0 Å². The van der Waals surface area contributed by atoms with E-state index in [9.17, 15) is 14.7 Å². The van der Waals surface area contributed by atoms with Crippen molar-refractivity contribution in [3.63, 3.8) is 0 Å². The number of methoxy groups -OCH3 is 2. The van der Waals surface area contributed by atoms with Crippen molar-refractivity contribution in [3.05, 3.63) is 52.5 Å². The van der Waals surface area contributed by atoms with Gasteiger partial charge < -0.3 is 19.9 Å². The Morgan fingerprint density at radius 2 is 1.96 bits per heavy atom. The van der Waals surface area contributed by atoms with Crippen molar-refractivity contribution >= 4 is 29.2 Å². The summed E-state index contributed by atoms with van der Waals surface area (Å²) in [5.74, 6) is -0.736. The van der Waals surface area contributed by atoms with E-state index in [1.165, 1.54) is 26.4 Å². The maximum atomic E-state index is 12.1. The van der Waals surface area contributed by atoms with Gasteiger partial charge in [-0.2, -0.15) is 0 Å². The lowest BCUT2D eigenvalue weighted by atomic mass is 10.1. The highest BCUT2D eigenvalue weighted by molar-refractivity contribution is 6.32. The maximum Gasteiger partial charge on any atom is 0.341 e. The van der Waals surface area contributed by atoms with E-state index in [1.54, 1.807) is 18.2 Å². The number of halogens is 1. The molecule has 0 aliphatic heterocycles. The number of ether oxygens (including phenoxy) is 2. The molecular formula is C18H18ClNO5. The molecule has 2 rings (SSSR count). The van der Waals surface area contributed by atoms with Crippen molar-refractivity contribution < 1.29 is 24.2 Å². The molecule has 0 aliphatic carbocycles. The first-order valence-corrected chi connectivity index (χ1v) is 7.86. The number of hydrogen-bond acceptors (Lipinski definition) is 5. The topological polar surface area (TPSA) is 84.9 Å². The second-order valence-corrected chi connectivity index (χ2v) is 5.62. The van der Waals surface area contributed by atoms with Crippen LogP contribution in [0.15, 0.2) is 36.4 Å². The Balaban J connectivity index is 2.01. The lowest BCUT2D eigenvalue weighted by Crippen LogP contribution is -2.13. The SMILES string of the molecule is COC(=O)c1cccc(NC(=O)CCc2ccc(OC)c(Cl)c2)c1O. The quantitative estimate of drug-likeness (QED) is 0.606. The van der Waals surface area contributed by atoms with Crippen molar-refractivity contribution in [2.24, 2.45) is 0 Å². The first-order chi connectivity index (χ1) is 12.0. The van der Waals surface area contributed by atoms with E-state index in [0.717, 1.165) is 5.56 Å². The summed E-state index contributed by atoms with van der Waals surface area (Å²) >= 11 is 6.05. The van der Waals surface area contributed by atoms with E-state index in [1.807, 2.05) is 6.07 Å². The highest BCUT2D eigenvalue weighted by Crippen LogP contribution is 2.28. The fraction of sp³-hybridized carbons (Fsp3) is 0.222. The van der Waals surface area contributed by atoms with Crippen molar-refractivity contribution in [3.8, 4) is 11.5 Å². The smallest absolute Gasteiger partial charge is 0.341 e. The number of phenolic OH excluding ortho intramolecular Hbond substituents is 1. The monoisotopic (exact) mass is 363 g/mol. The van der Waals surface area contributed by atoms with Crippen LogP contribution < -0.4 is 10.1 Å². The van der Waals surface area contributed by atoms with Crippen LogP contribution in [0.25, 0.3) is 0 Å². The molecule has 2 aromatic rings. The third-order valence-corrected chi connectivity index (χ3v) is 3.87. The molecule has 0 spiro atoms. The number of aryl methyl sites for hydroxylation is 1. The van der Waals surface area contributed by atoms with Crippen molar-refractivity contribution in [2.75, 3.05) is 19.5 Å². The van der Waals surface area contributed by atoms with Gasteiger partial charge in [-0.05, 0) is 36.2 Å². The summed E-state index contributed by atoms with van der Waals surface area (Å²) in [7, 11) is 2.75. The lowest BCUT2D eigenvalue weighted by molar-refractivity contribution is -0.116. The Morgan fingerprint density at radius 1 is 1.20 bits per heavy atom. The lowest BCUT2D eigenvalue weighted by Gasteiger charge is -2.10. The van der Waals surface area contributed by atoms with Crippen LogP contribution in [0.3, 0.4) is 0 Å². The van der Waals surface area contributed by atoms with Gasteiger partial charge in [-0.25, -0.2) is 4.79 Å². The highest BCUT2D eigenvalue weighted by Gasteiger charge is 2.16. The Labute approximate surface area is 150 Å². The Morgan fingerprint density at radius 3 is 2.60 bits per heavy atom. The fourth-order valence-corrected chi connectivity index (χ4v) is 2.54. The van der Waals surface area contributed by atoms with Crippen LogP contribution in [0.4, 0.5) is 5.69 Å². The molecule has 7 heteroatoms. The number of para-hydroxylation sites is 1. The normalized spacial score (nSPS) is 10.2. The molecule has 6 nitrogen and oxygen atoms in total. The van der Waals surface area contributed by atoms with E-state index in [-0.39, 0.29) is 29.3 Å². The van der Waals surface area contributed by atoms with Gasteiger partial charge in [-0.1, -0.05) is 23.7 Å². The Hall–Kier alpha value is -2.73. The summed E-state index contributed by atoms with van der Waals surface area (Å²) in [6.45, 7) is 0. The molecule has 0 heterocycles. The molecular weight excluding hydrogens is 346 g/mol. The number of phenols is 1. The number of amides is 1. The maximum absolute atomic E-state index is 12.1. The third kappa shape index (κ3) is 4.64. The number of benzene rings is 2. The molecule has 0 aliphatic rings. The minimum absolute atomic E-state index is 0.0118. The van der Waals surface area contributed by atoms with Gasteiger partial charge in [-0.3, -0.25) is 4.79 Å². The minimum Gasteiger partial charge on any atom is -0.505 e.